The Morgan fingerprint density at radius 2 is 1.96 bits per heavy atom. The van der Waals surface area contributed by atoms with Gasteiger partial charge in [0.1, 0.15) is 5.92 Å². The molecule has 1 saturated carbocycles. The summed E-state index contributed by atoms with van der Waals surface area (Å²) in [6.45, 7) is 0.325. The third-order valence-electron chi connectivity index (χ3n) is 5.12. The highest BCUT2D eigenvalue weighted by atomic mass is 35.5. The van der Waals surface area contributed by atoms with Crippen LogP contribution in [0.2, 0.25) is 5.02 Å². The maximum atomic E-state index is 12.3. The first kappa shape index (κ1) is 17.5. The van der Waals surface area contributed by atoms with E-state index in [4.69, 9.17) is 11.6 Å². The molecule has 2 aromatic carbocycles. The van der Waals surface area contributed by atoms with E-state index in [0.29, 0.717) is 18.0 Å². The van der Waals surface area contributed by atoms with Crippen molar-refractivity contribution < 1.29 is 9.72 Å². The van der Waals surface area contributed by atoms with Gasteiger partial charge in [-0.2, -0.15) is 0 Å². The van der Waals surface area contributed by atoms with Crippen molar-refractivity contribution in [2.45, 2.75) is 18.4 Å². The summed E-state index contributed by atoms with van der Waals surface area (Å²) in [6, 6.07) is 14.7. The Labute approximate surface area is 160 Å². The fourth-order valence-corrected chi connectivity index (χ4v) is 3.82. The van der Waals surface area contributed by atoms with Crippen molar-refractivity contribution in [3.05, 3.63) is 81.0 Å². The van der Waals surface area contributed by atoms with Gasteiger partial charge in [-0.3, -0.25) is 14.9 Å². The Balaban J connectivity index is 1.62. The second-order valence-electron chi connectivity index (χ2n) is 6.80. The molecule has 1 amide bonds. The number of nitrogens with one attached hydrogen (secondary N) is 2. The highest BCUT2D eigenvalue weighted by Gasteiger charge is 2.53. The van der Waals surface area contributed by atoms with Crippen molar-refractivity contribution in [3.63, 3.8) is 0 Å². The van der Waals surface area contributed by atoms with Gasteiger partial charge in [0.25, 0.3) is 0 Å². The van der Waals surface area contributed by atoms with E-state index in [1.54, 1.807) is 0 Å². The van der Waals surface area contributed by atoms with Crippen LogP contribution in [-0.4, -0.2) is 28.4 Å². The minimum Gasteiger partial charge on any atom is -0.361 e. The van der Waals surface area contributed by atoms with Crippen LogP contribution in [0.15, 0.2) is 54.7 Å². The van der Waals surface area contributed by atoms with E-state index in [9.17, 15) is 14.9 Å². The highest BCUT2D eigenvalue weighted by molar-refractivity contribution is 6.31. The molecule has 1 aliphatic rings. The van der Waals surface area contributed by atoms with Crippen molar-refractivity contribution in [2.24, 2.45) is 5.92 Å². The molecule has 6 nitrogen and oxygen atoms in total. The molecule has 7 heteroatoms. The molecular weight excluding hydrogens is 366 g/mol. The molecule has 0 spiro atoms. The fraction of sp³-hybridized carbons (Fsp3) is 0.250. The monoisotopic (exact) mass is 383 g/mol. The lowest BCUT2D eigenvalue weighted by Gasteiger charge is -2.19. The number of nitrogens with zero attached hydrogens (tertiary/aromatic N) is 1. The summed E-state index contributed by atoms with van der Waals surface area (Å²) in [6.07, 6.45) is 2.24. The minimum atomic E-state index is -0.753. The number of aromatic nitrogens is 1. The van der Waals surface area contributed by atoms with E-state index in [0.717, 1.165) is 22.0 Å². The average molecular weight is 384 g/mol. The number of hydrogen-bond donors (Lipinski definition) is 2. The number of para-hydroxylation sites is 1. The number of carbonyl (C=O) groups excluding carboxylic acids is 1. The maximum Gasteiger partial charge on any atom is 0.230 e. The van der Waals surface area contributed by atoms with E-state index >= 15 is 0 Å². The van der Waals surface area contributed by atoms with Crippen LogP contribution >= 0.6 is 11.6 Å². The Kier molecular flexibility index (Phi) is 4.58. The zero-order valence-corrected chi connectivity index (χ0v) is 15.1. The summed E-state index contributed by atoms with van der Waals surface area (Å²) >= 11 is 6.43. The molecule has 27 heavy (non-hydrogen) atoms. The predicted molar refractivity (Wildman–Crippen MR) is 103 cm³/mol. The standard InChI is InChI=1S/C20H18ClN3O3/c21-17-7-3-1-5-12(17)15(11-23-20(25)14-9-19(14)24(26)27)16-10-22-18-8-4-2-6-13(16)18/h1-8,10,14-15,19,22H,9,11H2,(H,23,25)/t14-,15+,19+/m0/s1. The zero-order chi connectivity index (χ0) is 19.0. The van der Waals surface area contributed by atoms with Gasteiger partial charge in [0.05, 0.1) is 0 Å². The SMILES string of the molecule is O=C(NC[C@H](c1ccccc1Cl)c1c[nH]c2ccccc12)[C@H]1C[C@H]1[N+](=O)[O-]. The number of nitro groups is 1. The van der Waals surface area contributed by atoms with E-state index in [2.05, 4.69) is 10.3 Å². The van der Waals surface area contributed by atoms with Gasteiger partial charge >= 0.3 is 0 Å². The topological polar surface area (TPSA) is 88.0 Å². The quantitative estimate of drug-likeness (QED) is 0.502. The van der Waals surface area contributed by atoms with Crippen molar-refractivity contribution in [2.75, 3.05) is 6.54 Å². The van der Waals surface area contributed by atoms with Crippen LogP contribution in [0.25, 0.3) is 10.9 Å². The molecule has 1 aromatic heterocycles. The van der Waals surface area contributed by atoms with Crippen LogP contribution in [0.1, 0.15) is 23.5 Å². The van der Waals surface area contributed by atoms with Crippen LogP contribution in [0.4, 0.5) is 0 Å². The molecule has 1 fully saturated rings. The average Bonchev–Trinajstić information content (AvgIpc) is 3.37. The van der Waals surface area contributed by atoms with E-state index in [1.807, 2.05) is 54.7 Å². The van der Waals surface area contributed by atoms with Crippen LogP contribution in [0, 0.1) is 16.0 Å². The lowest BCUT2D eigenvalue weighted by molar-refractivity contribution is -0.497. The summed E-state index contributed by atoms with van der Waals surface area (Å²) < 4.78 is 0. The third-order valence-corrected chi connectivity index (χ3v) is 5.47. The van der Waals surface area contributed by atoms with Gasteiger partial charge in [0.15, 0.2) is 0 Å². The zero-order valence-electron chi connectivity index (χ0n) is 14.4. The molecule has 3 atom stereocenters. The number of aromatic amines is 1. The van der Waals surface area contributed by atoms with E-state index in [1.165, 1.54) is 0 Å². The fourth-order valence-electron chi connectivity index (χ4n) is 3.56. The maximum absolute atomic E-state index is 12.3. The lowest BCUT2D eigenvalue weighted by Crippen LogP contribution is -2.31. The summed E-state index contributed by atoms with van der Waals surface area (Å²) in [4.78, 5) is 26.0. The Morgan fingerprint density at radius 1 is 1.22 bits per heavy atom. The summed E-state index contributed by atoms with van der Waals surface area (Å²) in [5, 5.41) is 15.4. The van der Waals surface area contributed by atoms with Crippen molar-refractivity contribution in [1.82, 2.24) is 10.3 Å². The summed E-state index contributed by atoms with van der Waals surface area (Å²) in [5.74, 6) is -0.963. The first-order valence-corrected chi connectivity index (χ1v) is 9.15. The number of carbonyl (C=O) groups is 1. The Morgan fingerprint density at radius 3 is 2.70 bits per heavy atom. The lowest BCUT2D eigenvalue weighted by atomic mass is 9.90. The predicted octanol–water partition coefficient (Wildman–Crippen LogP) is 3.73. The number of fused-ring (bicyclic) bond motifs is 1. The molecule has 0 saturated heterocycles. The Bertz CT molecular complexity index is 1020. The Hall–Kier alpha value is -2.86. The van der Waals surface area contributed by atoms with Crippen LogP contribution < -0.4 is 5.32 Å². The largest absolute Gasteiger partial charge is 0.361 e. The number of rotatable bonds is 6. The normalized spacial score (nSPS) is 19.6. The van der Waals surface area contributed by atoms with Gasteiger partial charge in [-0.15, -0.1) is 0 Å². The van der Waals surface area contributed by atoms with Gasteiger partial charge in [0, 0.05) is 45.9 Å². The molecule has 0 aliphatic heterocycles. The van der Waals surface area contributed by atoms with Crippen LogP contribution in [0.5, 0.6) is 0 Å². The van der Waals surface area contributed by atoms with Gasteiger partial charge in [-0.25, -0.2) is 0 Å². The first-order chi connectivity index (χ1) is 13.1. The van der Waals surface area contributed by atoms with Crippen molar-refractivity contribution >= 4 is 28.4 Å². The van der Waals surface area contributed by atoms with E-state index in [-0.39, 0.29) is 16.7 Å². The van der Waals surface area contributed by atoms with Gasteiger partial charge in [0.2, 0.25) is 11.9 Å². The molecule has 2 N–H and O–H groups in total. The molecule has 0 unspecified atom stereocenters. The van der Waals surface area contributed by atoms with Crippen molar-refractivity contribution in [3.8, 4) is 0 Å². The van der Waals surface area contributed by atoms with Gasteiger partial charge in [-0.05, 0) is 23.3 Å². The molecule has 138 valence electrons. The smallest absolute Gasteiger partial charge is 0.230 e. The molecule has 1 heterocycles. The summed E-state index contributed by atoms with van der Waals surface area (Å²) in [7, 11) is 0. The number of amides is 1. The minimum absolute atomic E-state index is 0.161. The molecule has 3 aromatic rings. The molecule has 0 radical (unpaired) electrons. The molecular formula is C20H18ClN3O3. The van der Waals surface area contributed by atoms with Crippen LogP contribution in [-0.2, 0) is 4.79 Å². The van der Waals surface area contributed by atoms with Crippen LogP contribution in [0.3, 0.4) is 0 Å². The third kappa shape index (κ3) is 3.40. The molecule has 0 bridgehead atoms. The second-order valence-corrected chi connectivity index (χ2v) is 7.21. The molecule has 1 aliphatic carbocycles. The number of hydrogen-bond acceptors (Lipinski definition) is 3. The van der Waals surface area contributed by atoms with Crippen molar-refractivity contribution in [1.29, 1.82) is 0 Å². The van der Waals surface area contributed by atoms with E-state index < -0.39 is 12.0 Å². The number of benzene rings is 2. The number of halogens is 1. The number of H-pyrrole nitrogens is 1. The first-order valence-electron chi connectivity index (χ1n) is 8.78. The van der Waals surface area contributed by atoms with Gasteiger partial charge < -0.3 is 10.3 Å². The highest BCUT2D eigenvalue weighted by Crippen LogP contribution is 2.36. The summed E-state index contributed by atoms with van der Waals surface area (Å²) in [5.41, 5.74) is 2.94. The molecule has 4 rings (SSSR count). The second kappa shape index (κ2) is 7.04. The van der Waals surface area contributed by atoms with Gasteiger partial charge in [-0.1, -0.05) is 48.0 Å².